The van der Waals surface area contributed by atoms with Crippen molar-refractivity contribution in [2.45, 2.75) is 32.7 Å². The van der Waals surface area contributed by atoms with Gasteiger partial charge in [0, 0.05) is 24.3 Å². The molecule has 0 bridgehead atoms. The maximum atomic E-state index is 3.59. The van der Waals surface area contributed by atoms with Crippen LogP contribution >= 0.6 is 0 Å². The summed E-state index contributed by atoms with van der Waals surface area (Å²) in [4.78, 5) is 2.49. The first-order valence-electron chi connectivity index (χ1n) is 6.13. The minimum atomic E-state index is 0.209. The average Bonchev–Trinajstić information content (AvgIpc) is 2.39. The van der Waals surface area contributed by atoms with E-state index in [1.54, 1.807) is 0 Å². The SMILES string of the molecule is Cc1cccc(N2CCCNC(C)(C)C2)c1. The van der Waals surface area contributed by atoms with E-state index in [0.29, 0.717) is 0 Å². The largest absolute Gasteiger partial charge is 0.370 e. The Morgan fingerprint density at radius 3 is 2.88 bits per heavy atom. The predicted molar refractivity (Wildman–Crippen MR) is 70.1 cm³/mol. The number of nitrogens with zero attached hydrogens (tertiary/aromatic N) is 1. The summed E-state index contributed by atoms with van der Waals surface area (Å²) in [6.45, 7) is 10.1. The van der Waals surface area contributed by atoms with Crippen molar-refractivity contribution in [3.8, 4) is 0 Å². The van der Waals surface area contributed by atoms with Crippen LogP contribution in [-0.4, -0.2) is 25.2 Å². The zero-order chi connectivity index (χ0) is 11.6. The zero-order valence-electron chi connectivity index (χ0n) is 10.6. The van der Waals surface area contributed by atoms with Crippen LogP contribution in [0, 0.1) is 6.92 Å². The molecule has 88 valence electrons. The van der Waals surface area contributed by atoms with E-state index < -0.39 is 0 Å². The molecule has 0 saturated carbocycles. The Labute approximate surface area is 98.7 Å². The second kappa shape index (κ2) is 4.46. The summed E-state index contributed by atoms with van der Waals surface area (Å²) in [6.07, 6.45) is 1.22. The predicted octanol–water partition coefficient (Wildman–Crippen LogP) is 2.57. The number of nitrogens with one attached hydrogen (secondary N) is 1. The van der Waals surface area contributed by atoms with E-state index >= 15 is 0 Å². The van der Waals surface area contributed by atoms with E-state index in [1.807, 2.05) is 0 Å². The van der Waals surface area contributed by atoms with Crippen LogP contribution in [0.2, 0.25) is 0 Å². The minimum Gasteiger partial charge on any atom is -0.370 e. The van der Waals surface area contributed by atoms with Gasteiger partial charge in [0.05, 0.1) is 0 Å². The molecular formula is C14H22N2. The lowest BCUT2D eigenvalue weighted by Gasteiger charge is -2.31. The van der Waals surface area contributed by atoms with Gasteiger partial charge in [-0.1, -0.05) is 12.1 Å². The van der Waals surface area contributed by atoms with Crippen molar-refractivity contribution in [2.24, 2.45) is 0 Å². The van der Waals surface area contributed by atoms with Crippen molar-refractivity contribution in [1.82, 2.24) is 5.32 Å². The molecule has 0 radical (unpaired) electrons. The van der Waals surface area contributed by atoms with Gasteiger partial charge < -0.3 is 10.2 Å². The van der Waals surface area contributed by atoms with Crippen LogP contribution in [0.4, 0.5) is 5.69 Å². The van der Waals surface area contributed by atoms with E-state index in [9.17, 15) is 0 Å². The third-order valence-corrected chi connectivity index (χ3v) is 3.16. The molecule has 16 heavy (non-hydrogen) atoms. The monoisotopic (exact) mass is 218 g/mol. The highest BCUT2D eigenvalue weighted by Gasteiger charge is 2.23. The van der Waals surface area contributed by atoms with E-state index in [4.69, 9.17) is 0 Å². The second-order valence-electron chi connectivity index (χ2n) is 5.42. The molecule has 1 aliphatic heterocycles. The number of hydrogen-bond donors (Lipinski definition) is 1. The highest BCUT2D eigenvalue weighted by molar-refractivity contribution is 5.49. The first-order chi connectivity index (χ1) is 7.57. The van der Waals surface area contributed by atoms with Crippen LogP contribution in [-0.2, 0) is 0 Å². The van der Waals surface area contributed by atoms with Gasteiger partial charge in [-0.15, -0.1) is 0 Å². The quantitative estimate of drug-likeness (QED) is 0.779. The molecule has 0 aliphatic carbocycles. The molecule has 1 saturated heterocycles. The zero-order valence-corrected chi connectivity index (χ0v) is 10.6. The average molecular weight is 218 g/mol. The second-order valence-corrected chi connectivity index (χ2v) is 5.42. The van der Waals surface area contributed by atoms with Gasteiger partial charge in [-0.3, -0.25) is 0 Å². The number of hydrogen-bond acceptors (Lipinski definition) is 2. The van der Waals surface area contributed by atoms with Crippen molar-refractivity contribution in [2.75, 3.05) is 24.5 Å². The Bertz CT molecular complexity index is 358. The highest BCUT2D eigenvalue weighted by Crippen LogP contribution is 2.20. The van der Waals surface area contributed by atoms with Crippen molar-refractivity contribution in [3.05, 3.63) is 29.8 Å². The maximum Gasteiger partial charge on any atom is 0.0369 e. The van der Waals surface area contributed by atoms with Crippen molar-refractivity contribution in [1.29, 1.82) is 0 Å². The summed E-state index contributed by atoms with van der Waals surface area (Å²) in [5.74, 6) is 0. The molecule has 1 aromatic carbocycles. The van der Waals surface area contributed by atoms with Crippen molar-refractivity contribution in [3.63, 3.8) is 0 Å². The molecule has 1 aromatic rings. The molecule has 2 rings (SSSR count). The highest BCUT2D eigenvalue weighted by atomic mass is 15.2. The summed E-state index contributed by atoms with van der Waals surface area (Å²) in [6, 6.07) is 8.80. The number of rotatable bonds is 1. The van der Waals surface area contributed by atoms with Gasteiger partial charge >= 0.3 is 0 Å². The van der Waals surface area contributed by atoms with Crippen molar-refractivity contribution < 1.29 is 0 Å². The van der Waals surface area contributed by atoms with Crippen LogP contribution in [0.15, 0.2) is 24.3 Å². The van der Waals surface area contributed by atoms with E-state index in [2.05, 4.69) is 55.3 Å². The van der Waals surface area contributed by atoms with Crippen LogP contribution in [0.3, 0.4) is 0 Å². The lowest BCUT2D eigenvalue weighted by atomic mass is 10.1. The molecule has 0 aromatic heterocycles. The standard InChI is InChI=1S/C14H22N2/c1-12-6-4-7-13(10-12)16-9-5-8-15-14(2,3)11-16/h4,6-7,10,15H,5,8-9,11H2,1-3H3. The molecule has 0 amide bonds. The summed E-state index contributed by atoms with van der Waals surface area (Å²) >= 11 is 0. The van der Waals surface area contributed by atoms with Crippen LogP contribution in [0.1, 0.15) is 25.8 Å². The van der Waals surface area contributed by atoms with Gasteiger partial charge in [0.1, 0.15) is 0 Å². The lowest BCUT2D eigenvalue weighted by molar-refractivity contribution is 0.416. The Kier molecular flexibility index (Phi) is 3.20. The molecule has 1 fully saturated rings. The Balaban J connectivity index is 2.19. The fourth-order valence-corrected chi connectivity index (χ4v) is 2.35. The normalized spacial score (nSPS) is 20.6. The third kappa shape index (κ3) is 2.76. The molecule has 2 nitrogen and oxygen atoms in total. The van der Waals surface area contributed by atoms with Gasteiger partial charge in [0.15, 0.2) is 0 Å². The molecule has 0 unspecified atom stereocenters. The number of benzene rings is 1. The summed E-state index contributed by atoms with van der Waals surface area (Å²) in [5.41, 5.74) is 2.91. The molecular weight excluding hydrogens is 196 g/mol. The van der Waals surface area contributed by atoms with Gasteiger partial charge in [0.2, 0.25) is 0 Å². The van der Waals surface area contributed by atoms with E-state index in [0.717, 1.165) is 19.6 Å². The summed E-state index contributed by atoms with van der Waals surface area (Å²) in [7, 11) is 0. The van der Waals surface area contributed by atoms with Crippen LogP contribution in [0.5, 0.6) is 0 Å². The molecule has 1 aliphatic rings. The van der Waals surface area contributed by atoms with Gasteiger partial charge in [-0.05, 0) is 51.4 Å². The fraction of sp³-hybridized carbons (Fsp3) is 0.571. The topological polar surface area (TPSA) is 15.3 Å². The molecule has 2 heteroatoms. The van der Waals surface area contributed by atoms with Gasteiger partial charge in [0.25, 0.3) is 0 Å². The Morgan fingerprint density at radius 2 is 2.12 bits per heavy atom. The van der Waals surface area contributed by atoms with E-state index in [1.165, 1.54) is 17.7 Å². The molecule has 1 heterocycles. The first-order valence-corrected chi connectivity index (χ1v) is 6.13. The third-order valence-electron chi connectivity index (χ3n) is 3.16. The first kappa shape index (κ1) is 11.5. The minimum absolute atomic E-state index is 0.209. The summed E-state index contributed by atoms with van der Waals surface area (Å²) in [5, 5.41) is 3.59. The van der Waals surface area contributed by atoms with Crippen LogP contribution < -0.4 is 10.2 Å². The maximum absolute atomic E-state index is 3.59. The van der Waals surface area contributed by atoms with Gasteiger partial charge in [-0.2, -0.15) is 0 Å². The lowest BCUT2D eigenvalue weighted by Crippen LogP contribution is -2.46. The number of anilines is 1. The van der Waals surface area contributed by atoms with Crippen molar-refractivity contribution >= 4 is 5.69 Å². The van der Waals surface area contributed by atoms with Crippen LogP contribution in [0.25, 0.3) is 0 Å². The van der Waals surface area contributed by atoms with Gasteiger partial charge in [-0.25, -0.2) is 0 Å². The Hall–Kier alpha value is -1.02. The molecule has 1 N–H and O–H groups in total. The molecule has 0 spiro atoms. The number of aryl methyl sites for hydroxylation is 1. The summed E-state index contributed by atoms with van der Waals surface area (Å²) < 4.78 is 0. The molecule has 0 atom stereocenters. The fourth-order valence-electron chi connectivity index (χ4n) is 2.35. The Morgan fingerprint density at radius 1 is 1.31 bits per heavy atom. The smallest absolute Gasteiger partial charge is 0.0369 e. The van der Waals surface area contributed by atoms with E-state index in [-0.39, 0.29) is 5.54 Å².